The van der Waals surface area contributed by atoms with Crippen molar-refractivity contribution in [3.8, 4) is 0 Å². The molecule has 2 aliphatic rings. The largest absolute Gasteiger partial charge is 0.0651 e. The fraction of sp³-hybridized carbons (Fsp3) is 1.00. The highest BCUT2D eigenvalue weighted by molar-refractivity contribution is 4.89. The Bertz CT molecular complexity index is 184. The zero-order chi connectivity index (χ0) is 10.0. The Labute approximate surface area is 89.5 Å². The molecule has 2 saturated carbocycles. The van der Waals surface area contributed by atoms with E-state index in [1.165, 1.54) is 38.5 Å². The predicted molar refractivity (Wildman–Crippen MR) is 62.3 cm³/mol. The van der Waals surface area contributed by atoms with Gasteiger partial charge in [-0.05, 0) is 49.4 Å². The zero-order valence-electron chi connectivity index (χ0n) is 10.0. The van der Waals surface area contributed by atoms with E-state index in [0.29, 0.717) is 0 Å². The quantitative estimate of drug-likeness (QED) is 0.593. The van der Waals surface area contributed by atoms with Crippen molar-refractivity contribution < 1.29 is 0 Å². The molecule has 14 heavy (non-hydrogen) atoms. The van der Waals surface area contributed by atoms with Gasteiger partial charge in [0.1, 0.15) is 0 Å². The first-order valence-corrected chi connectivity index (χ1v) is 6.78. The van der Waals surface area contributed by atoms with Crippen LogP contribution in [0.15, 0.2) is 0 Å². The van der Waals surface area contributed by atoms with E-state index in [4.69, 9.17) is 0 Å². The third-order valence-corrected chi connectivity index (χ3v) is 5.12. The minimum atomic E-state index is 0.785. The van der Waals surface area contributed by atoms with E-state index in [1.54, 1.807) is 19.3 Å². The first-order chi connectivity index (χ1) is 6.78. The lowest BCUT2D eigenvalue weighted by molar-refractivity contribution is 0.133. The van der Waals surface area contributed by atoms with Gasteiger partial charge in [-0.25, -0.2) is 0 Å². The second kappa shape index (κ2) is 4.24. The van der Waals surface area contributed by atoms with E-state index in [9.17, 15) is 0 Å². The van der Waals surface area contributed by atoms with E-state index in [0.717, 1.165) is 17.3 Å². The van der Waals surface area contributed by atoms with Gasteiger partial charge in [-0.15, -0.1) is 0 Å². The Morgan fingerprint density at radius 2 is 2.00 bits per heavy atom. The second-order valence-electron chi connectivity index (χ2n) is 5.86. The minimum absolute atomic E-state index is 0.785. The Morgan fingerprint density at radius 3 is 2.71 bits per heavy atom. The van der Waals surface area contributed by atoms with Crippen LogP contribution >= 0.6 is 0 Å². The summed E-state index contributed by atoms with van der Waals surface area (Å²) in [6, 6.07) is 0. The maximum Gasteiger partial charge on any atom is -0.0297 e. The molecule has 0 spiro atoms. The third kappa shape index (κ3) is 1.99. The second-order valence-corrected chi connectivity index (χ2v) is 5.86. The Kier molecular flexibility index (Phi) is 3.19. The van der Waals surface area contributed by atoms with Crippen molar-refractivity contribution in [1.82, 2.24) is 0 Å². The summed E-state index contributed by atoms with van der Waals surface area (Å²) in [5.74, 6) is 2.16. The maximum absolute atomic E-state index is 2.43. The molecule has 82 valence electrons. The van der Waals surface area contributed by atoms with Gasteiger partial charge < -0.3 is 0 Å². The van der Waals surface area contributed by atoms with E-state index < -0.39 is 0 Å². The molecule has 0 nitrogen and oxygen atoms in total. The molecule has 0 amide bonds. The van der Waals surface area contributed by atoms with Gasteiger partial charge in [0.05, 0.1) is 0 Å². The van der Waals surface area contributed by atoms with E-state index in [2.05, 4.69) is 13.8 Å². The first kappa shape index (κ1) is 10.5. The molecule has 0 aromatic heterocycles. The van der Waals surface area contributed by atoms with Gasteiger partial charge in [-0.3, -0.25) is 0 Å². The molecule has 3 unspecified atom stereocenters. The monoisotopic (exact) mass is 194 g/mol. The topological polar surface area (TPSA) is 0 Å². The van der Waals surface area contributed by atoms with Crippen LogP contribution in [0.25, 0.3) is 0 Å². The van der Waals surface area contributed by atoms with Crippen molar-refractivity contribution in [1.29, 1.82) is 0 Å². The summed E-state index contributed by atoms with van der Waals surface area (Å²) in [5, 5.41) is 0. The van der Waals surface area contributed by atoms with Crippen molar-refractivity contribution in [2.24, 2.45) is 17.3 Å². The van der Waals surface area contributed by atoms with Gasteiger partial charge in [0.15, 0.2) is 0 Å². The highest BCUT2D eigenvalue weighted by atomic mass is 14.4. The van der Waals surface area contributed by atoms with Crippen LogP contribution in [0, 0.1) is 17.3 Å². The molecule has 0 heteroatoms. The summed E-state index contributed by atoms with van der Waals surface area (Å²) in [7, 11) is 0. The Balaban J connectivity index is 2.07. The molecule has 0 aromatic rings. The zero-order valence-corrected chi connectivity index (χ0v) is 10.0. The van der Waals surface area contributed by atoms with Gasteiger partial charge >= 0.3 is 0 Å². The molecular formula is C14H26. The summed E-state index contributed by atoms with van der Waals surface area (Å²) < 4.78 is 0. The average Bonchev–Trinajstić information content (AvgIpc) is 2.36. The molecule has 2 fully saturated rings. The van der Waals surface area contributed by atoms with Gasteiger partial charge in [-0.2, -0.15) is 0 Å². The summed E-state index contributed by atoms with van der Waals surface area (Å²) in [6.07, 6.45) is 13.7. The molecular weight excluding hydrogens is 168 g/mol. The van der Waals surface area contributed by atoms with Crippen LogP contribution in [-0.4, -0.2) is 0 Å². The smallest absolute Gasteiger partial charge is 0.0297 e. The van der Waals surface area contributed by atoms with E-state index >= 15 is 0 Å². The van der Waals surface area contributed by atoms with Crippen LogP contribution in [0.5, 0.6) is 0 Å². The van der Waals surface area contributed by atoms with Crippen molar-refractivity contribution in [3.05, 3.63) is 0 Å². The Morgan fingerprint density at radius 1 is 1.14 bits per heavy atom. The molecule has 3 atom stereocenters. The van der Waals surface area contributed by atoms with Crippen LogP contribution < -0.4 is 0 Å². The molecule has 0 aliphatic heterocycles. The van der Waals surface area contributed by atoms with Crippen LogP contribution in [0.1, 0.15) is 71.6 Å². The summed E-state index contributed by atoms with van der Waals surface area (Å²) >= 11 is 0. The van der Waals surface area contributed by atoms with Crippen molar-refractivity contribution in [2.45, 2.75) is 71.6 Å². The molecule has 0 heterocycles. The molecule has 2 rings (SSSR count). The highest BCUT2D eigenvalue weighted by Crippen LogP contribution is 2.50. The number of hydrogen-bond acceptors (Lipinski definition) is 0. The van der Waals surface area contributed by atoms with E-state index in [1.807, 2.05) is 0 Å². The lowest BCUT2D eigenvalue weighted by atomic mass is 9.67. The molecule has 0 saturated heterocycles. The van der Waals surface area contributed by atoms with Gasteiger partial charge in [0, 0.05) is 0 Å². The summed E-state index contributed by atoms with van der Waals surface area (Å²) in [6.45, 7) is 4.81. The standard InChI is InChI=1S/C14H26/c1-3-12-7-9-14(4-2)8-5-6-13(10-12)11-14/h12-13H,3-11H2,1-2H3. The molecule has 2 aliphatic carbocycles. The van der Waals surface area contributed by atoms with Gasteiger partial charge in [0.25, 0.3) is 0 Å². The van der Waals surface area contributed by atoms with Crippen molar-refractivity contribution in [3.63, 3.8) is 0 Å². The van der Waals surface area contributed by atoms with Crippen LogP contribution in [0.3, 0.4) is 0 Å². The van der Waals surface area contributed by atoms with Gasteiger partial charge in [0.2, 0.25) is 0 Å². The number of fused-ring (bicyclic) bond motifs is 2. The fourth-order valence-electron chi connectivity index (χ4n) is 3.98. The average molecular weight is 194 g/mol. The number of hydrogen-bond donors (Lipinski definition) is 0. The Hall–Kier alpha value is 0. The summed E-state index contributed by atoms with van der Waals surface area (Å²) in [4.78, 5) is 0. The fourth-order valence-corrected chi connectivity index (χ4v) is 3.98. The SMILES string of the molecule is CCC1CCC2(CC)CCCC(C1)C2. The number of rotatable bonds is 2. The maximum atomic E-state index is 2.43. The van der Waals surface area contributed by atoms with Crippen LogP contribution in [0.4, 0.5) is 0 Å². The highest BCUT2D eigenvalue weighted by Gasteiger charge is 2.38. The minimum Gasteiger partial charge on any atom is -0.0651 e. The molecule has 0 N–H and O–H groups in total. The first-order valence-electron chi connectivity index (χ1n) is 6.78. The van der Waals surface area contributed by atoms with E-state index in [-0.39, 0.29) is 0 Å². The molecule has 0 aromatic carbocycles. The summed E-state index contributed by atoms with van der Waals surface area (Å²) in [5.41, 5.74) is 0.785. The third-order valence-electron chi connectivity index (χ3n) is 5.12. The van der Waals surface area contributed by atoms with Gasteiger partial charge in [-0.1, -0.05) is 39.5 Å². The predicted octanol–water partition coefficient (Wildman–Crippen LogP) is 4.78. The van der Waals surface area contributed by atoms with Crippen LogP contribution in [0.2, 0.25) is 0 Å². The van der Waals surface area contributed by atoms with Crippen LogP contribution in [-0.2, 0) is 0 Å². The normalized spacial score (nSPS) is 43.3. The molecule has 0 radical (unpaired) electrons. The lowest BCUT2D eigenvalue weighted by Crippen LogP contribution is -2.26. The molecule has 2 bridgehead atoms. The van der Waals surface area contributed by atoms with Crippen molar-refractivity contribution >= 4 is 0 Å². The lowest BCUT2D eigenvalue weighted by Gasteiger charge is -2.38. The van der Waals surface area contributed by atoms with Crippen molar-refractivity contribution in [2.75, 3.05) is 0 Å².